The lowest BCUT2D eigenvalue weighted by Crippen LogP contribution is -2.50. The number of benzene rings is 2. The Labute approximate surface area is 199 Å². The van der Waals surface area contributed by atoms with Crippen LogP contribution in [0, 0.1) is 5.82 Å². The number of nitrogens with one attached hydrogen (secondary N) is 1. The molecule has 2 aromatic carbocycles. The third-order valence-corrected chi connectivity index (χ3v) is 5.22. The van der Waals surface area contributed by atoms with Crippen LogP contribution in [0.5, 0.6) is 0 Å². The molecule has 0 saturated carbocycles. The Morgan fingerprint density at radius 3 is 2.68 bits per heavy atom. The van der Waals surface area contributed by atoms with Crippen molar-refractivity contribution in [3.8, 4) is 5.69 Å². The van der Waals surface area contributed by atoms with Gasteiger partial charge in [-0.05, 0) is 36.2 Å². The predicted molar refractivity (Wildman–Crippen MR) is 130 cm³/mol. The molecule has 2 atom stereocenters. The summed E-state index contributed by atoms with van der Waals surface area (Å²) in [4.78, 5) is 10.8. The van der Waals surface area contributed by atoms with Gasteiger partial charge in [0.05, 0.1) is 24.7 Å². The normalized spacial score (nSPS) is 19.1. The Kier molecular flexibility index (Phi) is 8.03. The van der Waals surface area contributed by atoms with Gasteiger partial charge in [-0.2, -0.15) is 0 Å². The number of rotatable bonds is 4. The number of halogens is 2. The van der Waals surface area contributed by atoms with E-state index < -0.39 is 0 Å². The summed E-state index contributed by atoms with van der Waals surface area (Å²) < 4.78 is 21.4. The molecule has 1 aromatic heterocycles. The highest BCUT2D eigenvalue weighted by Gasteiger charge is 2.28. The number of nitrogens with zero attached hydrogens (tertiary/aromatic N) is 4. The third-order valence-electron chi connectivity index (χ3n) is 5.22. The molecule has 0 radical (unpaired) electrons. The second-order valence-corrected chi connectivity index (χ2v) is 7.39. The minimum absolute atomic E-state index is 0. The quantitative estimate of drug-likeness (QED) is 0.310. The molecular formula is C23H27FIN5O. The lowest BCUT2D eigenvalue weighted by Gasteiger charge is -2.38. The molecule has 1 aliphatic rings. The van der Waals surface area contributed by atoms with Crippen LogP contribution in [0.15, 0.2) is 72.2 Å². The summed E-state index contributed by atoms with van der Waals surface area (Å²) in [6, 6.07) is 14.7. The lowest BCUT2D eigenvalue weighted by atomic mass is 10.1. The molecule has 0 spiro atoms. The Morgan fingerprint density at radius 2 is 1.97 bits per heavy atom. The van der Waals surface area contributed by atoms with E-state index in [9.17, 15) is 4.39 Å². The molecule has 2 heterocycles. The monoisotopic (exact) mass is 535 g/mol. The summed E-state index contributed by atoms with van der Waals surface area (Å²) in [5, 5.41) is 3.49. The van der Waals surface area contributed by atoms with Crippen molar-refractivity contribution < 1.29 is 9.13 Å². The molecule has 1 aliphatic heterocycles. The zero-order valence-electron chi connectivity index (χ0n) is 17.6. The van der Waals surface area contributed by atoms with E-state index in [4.69, 9.17) is 4.74 Å². The maximum Gasteiger partial charge on any atom is 0.194 e. The maximum atomic E-state index is 13.3. The fraction of sp³-hybridized carbons (Fsp3) is 0.304. The van der Waals surface area contributed by atoms with Crippen LogP contribution in [-0.4, -0.2) is 46.7 Å². The predicted octanol–water partition coefficient (Wildman–Crippen LogP) is 4.17. The van der Waals surface area contributed by atoms with Gasteiger partial charge >= 0.3 is 0 Å². The molecule has 3 aromatic rings. The van der Waals surface area contributed by atoms with E-state index in [1.165, 1.54) is 12.1 Å². The van der Waals surface area contributed by atoms with Crippen LogP contribution >= 0.6 is 24.0 Å². The summed E-state index contributed by atoms with van der Waals surface area (Å²) in [5.41, 5.74) is 3.19. The summed E-state index contributed by atoms with van der Waals surface area (Å²) in [5.74, 6) is 0.575. The van der Waals surface area contributed by atoms with E-state index in [2.05, 4.69) is 32.3 Å². The number of aromatic nitrogens is 2. The summed E-state index contributed by atoms with van der Waals surface area (Å²) in [7, 11) is 1.79. The van der Waals surface area contributed by atoms with Gasteiger partial charge in [-0.25, -0.2) is 9.37 Å². The van der Waals surface area contributed by atoms with Crippen molar-refractivity contribution in [1.82, 2.24) is 19.8 Å². The largest absolute Gasteiger partial charge is 0.367 e. The Bertz CT molecular complexity index is 993. The molecule has 4 rings (SSSR count). The molecule has 6 nitrogen and oxygen atoms in total. The minimum Gasteiger partial charge on any atom is -0.367 e. The second-order valence-electron chi connectivity index (χ2n) is 7.39. The zero-order valence-corrected chi connectivity index (χ0v) is 19.9. The molecule has 1 N–H and O–H groups in total. The van der Waals surface area contributed by atoms with Gasteiger partial charge in [0.15, 0.2) is 5.96 Å². The van der Waals surface area contributed by atoms with Crippen LogP contribution in [0.3, 0.4) is 0 Å². The first-order valence-electron chi connectivity index (χ1n) is 10.1. The Morgan fingerprint density at radius 1 is 1.19 bits per heavy atom. The highest BCUT2D eigenvalue weighted by atomic mass is 127. The zero-order chi connectivity index (χ0) is 20.9. The topological polar surface area (TPSA) is 54.7 Å². The first-order chi connectivity index (χ1) is 14.6. The van der Waals surface area contributed by atoms with Gasteiger partial charge in [0.2, 0.25) is 0 Å². The fourth-order valence-electron chi connectivity index (χ4n) is 3.81. The molecule has 2 unspecified atom stereocenters. The Balaban J connectivity index is 0.00000272. The van der Waals surface area contributed by atoms with E-state index in [0.29, 0.717) is 13.1 Å². The first-order valence-corrected chi connectivity index (χ1v) is 10.1. The van der Waals surface area contributed by atoms with E-state index in [1.54, 1.807) is 31.7 Å². The fourth-order valence-corrected chi connectivity index (χ4v) is 3.81. The smallest absolute Gasteiger partial charge is 0.194 e. The molecule has 0 amide bonds. The van der Waals surface area contributed by atoms with Crippen LogP contribution < -0.4 is 5.32 Å². The molecule has 1 fully saturated rings. The molecule has 8 heteroatoms. The number of morpholine rings is 1. The van der Waals surface area contributed by atoms with Crippen LogP contribution in [-0.2, 0) is 11.3 Å². The number of aliphatic imine (C=N–C) groups is 1. The molecule has 0 bridgehead atoms. The van der Waals surface area contributed by atoms with E-state index in [1.807, 2.05) is 29.8 Å². The average Bonchev–Trinajstić information content (AvgIpc) is 3.29. The van der Waals surface area contributed by atoms with Crippen molar-refractivity contribution in [2.24, 2.45) is 4.99 Å². The summed E-state index contributed by atoms with van der Waals surface area (Å²) >= 11 is 0. The number of ether oxygens (including phenoxy) is 1. The summed E-state index contributed by atoms with van der Waals surface area (Å²) in [6.45, 7) is 4.07. The van der Waals surface area contributed by atoms with Crippen LogP contribution in [0.4, 0.5) is 4.39 Å². The highest BCUT2D eigenvalue weighted by Crippen LogP contribution is 2.25. The van der Waals surface area contributed by atoms with Crippen molar-refractivity contribution in [3.63, 3.8) is 0 Å². The van der Waals surface area contributed by atoms with Gasteiger partial charge < -0.3 is 19.5 Å². The number of guanidine groups is 1. The molecular weight excluding hydrogens is 508 g/mol. The number of hydrogen-bond donors (Lipinski definition) is 1. The van der Waals surface area contributed by atoms with Gasteiger partial charge in [0, 0.05) is 32.5 Å². The SMILES string of the molecule is CN=C(NCc1ccccc1-n1ccnc1)N1CC(C)OC(c2ccc(F)cc2)C1.I. The minimum atomic E-state index is -0.242. The molecule has 164 valence electrons. The van der Waals surface area contributed by atoms with Gasteiger partial charge in [0.1, 0.15) is 11.9 Å². The van der Waals surface area contributed by atoms with Crippen molar-refractivity contribution in [2.75, 3.05) is 20.1 Å². The molecule has 0 aliphatic carbocycles. The second kappa shape index (κ2) is 10.7. The average molecular weight is 535 g/mol. The van der Waals surface area contributed by atoms with Gasteiger partial charge in [-0.15, -0.1) is 24.0 Å². The van der Waals surface area contributed by atoms with Crippen molar-refractivity contribution in [2.45, 2.75) is 25.7 Å². The van der Waals surface area contributed by atoms with Crippen LogP contribution in [0.2, 0.25) is 0 Å². The first kappa shape index (κ1) is 23.2. The van der Waals surface area contributed by atoms with Crippen LogP contribution in [0.1, 0.15) is 24.2 Å². The Hall–Kier alpha value is -2.46. The van der Waals surface area contributed by atoms with E-state index in [0.717, 1.165) is 29.3 Å². The van der Waals surface area contributed by atoms with Gasteiger partial charge in [0.25, 0.3) is 0 Å². The number of para-hydroxylation sites is 1. The van der Waals surface area contributed by atoms with Gasteiger partial charge in [-0.1, -0.05) is 30.3 Å². The standard InChI is InChI=1S/C23H26FN5O.HI/c1-17-14-29(15-22(30-17)18-7-9-20(24)10-8-18)23(25-2)27-13-19-5-3-4-6-21(19)28-12-11-26-16-28;/h3-12,16-17,22H,13-15H2,1-2H3,(H,25,27);1H. The molecule has 31 heavy (non-hydrogen) atoms. The van der Waals surface area contributed by atoms with E-state index in [-0.39, 0.29) is 42.0 Å². The van der Waals surface area contributed by atoms with Gasteiger partial charge in [-0.3, -0.25) is 4.99 Å². The van der Waals surface area contributed by atoms with Crippen molar-refractivity contribution in [3.05, 3.63) is 84.2 Å². The van der Waals surface area contributed by atoms with Crippen LogP contribution in [0.25, 0.3) is 5.69 Å². The lowest BCUT2D eigenvalue weighted by molar-refractivity contribution is -0.0605. The number of imidazole rings is 1. The maximum absolute atomic E-state index is 13.3. The number of hydrogen-bond acceptors (Lipinski definition) is 3. The van der Waals surface area contributed by atoms with Crippen molar-refractivity contribution in [1.29, 1.82) is 0 Å². The third kappa shape index (κ3) is 5.62. The summed E-state index contributed by atoms with van der Waals surface area (Å²) in [6.07, 6.45) is 5.40. The van der Waals surface area contributed by atoms with E-state index >= 15 is 0 Å². The van der Waals surface area contributed by atoms with Crippen molar-refractivity contribution >= 4 is 29.9 Å². The highest BCUT2D eigenvalue weighted by molar-refractivity contribution is 14.0. The molecule has 1 saturated heterocycles.